The van der Waals surface area contributed by atoms with E-state index in [1.54, 1.807) is 56.3 Å². The number of carbonyl (C=O) groups is 1. The Morgan fingerprint density at radius 3 is 2.59 bits per heavy atom. The lowest BCUT2D eigenvalue weighted by molar-refractivity contribution is -0.117. The molecule has 1 N–H and O–H groups in total. The molecule has 0 aliphatic heterocycles. The number of likely N-dealkylation sites (N-methyl/N-ethyl adjacent to an activating group) is 1. The van der Waals surface area contributed by atoms with Gasteiger partial charge in [-0.1, -0.05) is 18.2 Å². The van der Waals surface area contributed by atoms with Crippen molar-refractivity contribution in [3.63, 3.8) is 0 Å². The average molecular weight is 391 g/mol. The van der Waals surface area contributed by atoms with Crippen molar-refractivity contribution in [1.82, 2.24) is 4.90 Å². The minimum Gasteiger partial charge on any atom is -0.497 e. The summed E-state index contributed by atoms with van der Waals surface area (Å²) in [6, 6.07) is 12.5. The van der Waals surface area contributed by atoms with E-state index < -0.39 is 9.84 Å². The molecule has 0 radical (unpaired) electrons. The number of methoxy groups -OCH3 is 1. The second-order valence-electron chi connectivity index (χ2n) is 6.61. The number of hydrogen-bond acceptors (Lipinski definition) is 5. The number of benzene rings is 2. The Labute approximate surface area is 161 Å². The number of ether oxygens (including phenoxy) is 1. The SMILES string of the molecule is COc1cccc(NC(=O)CN(C)CCS(=O)(=O)c2cc(C)ccc2C)c1. The van der Waals surface area contributed by atoms with Crippen molar-refractivity contribution in [3.05, 3.63) is 53.6 Å². The number of carbonyl (C=O) groups excluding carboxylic acids is 1. The lowest BCUT2D eigenvalue weighted by atomic mass is 10.2. The average Bonchev–Trinajstić information content (AvgIpc) is 2.62. The van der Waals surface area contributed by atoms with Crippen LogP contribution in [-0.2, 0) is 14.6 Å². The van der Waals surface area contributed by atoms with Gasteiger partial charge in [-0.2, -0.15) is 0 Å². The van der Waals surface area contributed by atoms with Gasteiger partial charge in [0.2, 0.25) is 5.91 Å². The Hall–Kier alpha value is -2.38. The lowest BCUT2D eigenvalue weighted by Crippen LogP contribution is -2.33. The standard InChI is InChI=1S/C20H26N2O4S/c1-15-8-9-16(2)19(12-15)27(24,25)11-10-22(3)14-20(23)21-17-6-5-7-18(13-17)26-4/h5-9,12-13H,10-11,14H2,1-4H3,(H,21,23). The molecule has 2 aromatic carbocycles. The third-order valence-corrected chi connectivity index (χ3v) is 6.02. The van der Waals surface area contributed by atoms with E-state index in [-0.39, 0.29) is 24.7 Å². The summed E-state index contributed by atoms with van der Waals surface area (Å²) >= 11 is 0. The van der Waals surface area contributed by atoms with Crippen molar-refractivity contribution in [3.8, 4) is 5.75 Å². The largest absolute Gasteiger partial charge is 0.497 e. The quantitative estimate of drug-likeness (QED) is 0.750. The van der Waals surface area contributed by atoms with Crippen LogP contribution in [0, 0.1) is 13.8 Å². The fourth-order valence-corrected chi connectivity index (χ4v) is 4.35. The van der Waals surface area contributed by atoms with Crippen LogP contribution in [0.15, 0.2) is 47.4 Å². The molecule has 2 rings (SSSR count). The molecule has 6 nitrogen and oxygen atoms in total. The second kappa shape index (κ2) is 9.01. The third-order valence-electron chi connectivity index (χ3n) is 4.19. The maximum absolute atomic E-state index is 12.6. The van der Waals surface area contributed by atoms with Gasteiger partial charge in [-0.25, -0.2) is 8.42 Å². The van der Waals surface area contributed by atoms with Crippen LogP contribution >= 0.6 is 0 Å². The Morgan fingerprint density at radius 2 is 1.89 bits per heavy atom. The fraction of sp³-hybridized carbons (Fsp3) is 0.350. The van der Waals surface area contributed by atoms with Gasteiger partial charge in [-0.3, -0.25) is 9.69 Å². The minimum absolute atomic E-state index is 0.0414. The molecule has 1 amide bonds. The van der Waals surface area contributed by atoms with E-state index in [0.29, 0.717) is 16.3 Å². The Kier molecular flexibility index (Phi) is 6.98. The van der Waals surface area contributed by atoms with Gasteiger partial charge in [0, 0.05) is 18.3 Å². The van der Waals surface area contributed by atoms with Crippen molar-refractivity contribution in [2.75, 3.05) is 38.3 Å². The molecule has 0 atom stereocenters. The molecule has 0 bridgehead atoms. The van der Waals surface area contributed by atoms with Crippen molar-refractivity contribution < 1.29 is 17.9 Å². The summed E-state index contributed by atoms with van der Waals surface area (Å²) < 4.78 is 30.4. The fourth-order valence-electron chi connectivity index (χ4n) is 2.65. The molecule has 0 aliphatic carbocycles. The van der Waals surface area contributed by atoms with Crippen molar-refractivity contribution in [2.24, 2.45) is 0 Å². The number of hydrogen-bond donors (Lipinski definition) is 1. The van der Waals surface area contributed by atoms with E-state index in [2.05, 4.69) is 5.32 Å². The Bertz CT molecular complexity index is 910. The molecule has 0 unspecified atom stereocenters. The molecule has 0 heterocycles. The third kappa shape index (κ3) is 6.08. The van der Waals surface area contributed by atoms with Gasteiger partial charge in [0.25, 0.3) is 0 Å². The van der Waals surface area contributed by atoms with Gasteiger partial charge in [0.05, 0.1) is 24.3 Å². The van der Waals surface area contributed by atoms with Gasteiger partial charge >= 0.3 is 0 Å². The molecule has 27 heavy (non-hydrogen) atoms. The van der Waals surface area contributed by atoms with E-state index >= 15 is 0 Å². The van der Waals surface area contributed by atoms with E-state index in [1.165, 1.54) is 0 Å². The van der Waals surface area contributed by atoms with Crippen LogP contribution in [0.5, 0.6) is 5.75 Å². The van der Waals surface area contributed by atoms with E-state index in [4.69, 9.17) is 4.74 Å². The normalized spacial score (nSPS) is 11.4. The first-order valence-electron chi connectivity index (χ1n) is 8.64. The molecular weight excluding hydrogens is 364 g/mol. The number of nitrogens with zero attached hydrogens (tertiary/aromatic N) is 1. The van der Waals surface area contributed by atoms with Crippen LogP contribution in [0.3, 0.4) is 0 Å². The van der Waals surface area contributed by atoms with Crippen molar-refractivity contribution in [1.29, 1.82) is 0 Å². The monoisotopic (exact) mass is 390 g/mol. The highest BCUT2D eigenvalue weighted by Crippen LogP contribution is 2.19. The zero-order valence-electron chi connectivity index (χ0n) is 16.2. The van der Waals surface area contributed by atoms with E-state index in [0.717, 1.165) is 11.1 Å². The molecule has 0 saturated carbocycles. The summed E-state index contributed by atoms with van der Waals surface area (Å²) in [5, 5.41) is 2.78. The molecule has 0 fully saturated rings. The topological polar surface area (TPSA) is 75.7 Å². The number of rotatable bonds is 8. The van der Waals surface area contributed by atoms with Gasteiger partial charge in [0.15, 0.2) is 9.84 Å². The number of aryl methyl sites for hydroxylation is 2. The smallest absolute Gasteiger partial charge is 0.238 e. The molecule has 0 saturated heterocycles. The van der Waals surface area contributed by atoms with Crippen LogP contribution in [0.1, 0.15) is 11.1 Å². The van der Waals surface area contributed by atoms with E-state index in [9.17, 15) is 13.2 Å². The molecular formula is C20H26N2O4S. The number of nitrogens with one attached hydrogen (secondary N) is 1. The summed E-state index contributed by atoms with van der Waals surface area (Å²) in [6.07, 6.45) is 0. The first-order chi connectivity index (χ1) is 12.7. The van der Waals surface area contributed by atoms with Crippen LogP contribution in [0.2, 0.25) is 0 Å². The number of sulfone groups is 1. The van der Waals surface area contributed by atoms with Crippen molar-refractivity contribution in [2.45, 2.75) is 18.7 Å². The van der Waals surface area contributed by atoms with Gasteiger partial charge in [-0.05, 0) is 50.2 Å². The lowest BCUT2D eigenvalue weighted by Gasteiger charge is -2.17. The number of amides is 1. The zero-order valence-corrected chi connectivity index (χ0v) is 17.0. The summed E-state index contributed by atoms with van der Waals surface area (Å²) in [4.78, 5) is 14.2. The van der Waals surface area contributed by atoms with Crippen molar-refractivity contribution >= 4 is 21.4 Å². The van der Waals surface area contributed by atoms with Gasteiger partial charge < -0.3 is 10.1 Å². The van der Waals surface area contributed by atoms with E-state index in [1.807, 2.05) is 19.1 Å². The molecule has 2 aromatic rings. The zero-order chi connectivity index (χ0) is 20.0. The highest BCUT2D eigenvalue weighted by atomic mass is 32.2. The van der Waals surface area contributed by atoms with Crippen LogP contribution < -0.4 is 10.1 Å². The predicted octanol–water partition coefficient (Wildman–Crippen LogP) is 2.66. The molecule has 0 aromatic heterocycles. The highest BCUT2D eigenvalue weighted by molar-refractivity contribution is 7.91. The molecule has 146 valence electrons. The van der Waals surface area contributed by atoms with Gasteiger partial charge in [-0.15, -0.1) is 0 Å². The molecule has 0 aliphatic rings. The van der Waals surface area contributed by atoms with Crippen LogP contribution in [0.4, 0.5) is 5.69 Å². The first-order valence-corrected chi connectivity index (χ1v) is 10.3. The summed E-state index contributed by atoms with van der Waals surface area (Å²) in [7, 11) is -0.116. The first kappa shape index (κ1) is 20.9. The number of anilines is 1. The summed E-state index contributed by atoms with van der Waals surface area (Å²) in [5.41, 5.74) is 2.28. The Morgan fingerprint density at radius 1 is 1.15 bits per heavy atom. The maximum Gasteiger partial charge on any atom is 0.238 e. The summed E-state index contributed by atoms with van der Waals surface area (Å²) in [6.45, 7) is 4.02. The molecule has 0 spiro atoms. The van der Waals surface area contributed by atoms with Gasteiger partial charge in [0.1, 0.15) is 5.75 Å². The summed E-state index contributed by atoms with van der Waals surface area (Å²) in [5.74, 6) is 0.399. The Balaban J connectivity index is 1.92. The second-order valence-corrected chi connectivity index (χ2v) is 8.68. The maximum atomic E-state index is 12.6. The van der Waals surface area contributed by atoms with Crippen LogP contribution in [0.25, 0.3) is 0 Å². The predicted molar refractivity (Wildman–Crippen MR) is 107 cm³/mol. The molecule has 7 heteroatoms. The van der Waals surface area contributed by atoms with Crippen LogP contribution in [-0.4, -0.2) is 52.2 Å². The minimum atomic E-state index is -3.40. The highest BCUT2D eigenvalue weighted by Gasteiger charge is 2.18.